The highest BCUT2D eigenvalue weighted by atomic mass is 31.2. The zero-order valence-corrected chi connectivity index (χ0v) is 11.2. The topological polar surface area (TPSA) is 55.8 Å². The lowest BCUT2D eigenvalue weighted by Crippen LogP contribution is -2.32. The number of aliphatic hydroxyl groups is 1. The van der Waals surface area contributed by atoms with Crippen LogP contribution in [0.5, 0.6) is 0 Å². The van der Waals surface area contributed by atoms with E-state index in [1.807, 2.05) is 0 Å². The van der Waals surface area contributed by atoms with E-state index in [0.717, 1.165) is 0 Å². The van der Waals surface area contributed by atoms with E-state index in [9.17, 15) is 13.3 Å². The minimum absolute atomic E-state index is 0.104. The third kappa shape index (κ3) is 2.28. The Labute approximate surface area is 99.8 Å². The predicted molar refractivity (Wildman–Crippen MR) is 59.1 cm³/mol. The van der Waals surface area contributed by atoms with Crippen LogP contribution in [0.1, 0.15) is 27.2 Å². The van der Waals surface area contributed by atoms with Crippen LogP contribution in [0, 0.1) is 11.3 Å². The number of hydrogen-bond donors (Lipinski definition) is 1. The summed E-state index contributed by atoms with van der Waals surface area (Å²) in [6, 6.07) is 0. The molecule has 1 aliphatic rings. The van der Waals surface area contributed by atoms with Gasteiger partial charge < -0.3 is 14.2 Å². The van der Waals surface area contributed by atoms with Crippen molar-refractivity contribution < 1.29 is 27.5 Å². The third-order valence-corrected chi connectivity index (χ3v) is 5.66. The molecule has 0 spiro atoms. The molecule has 0 aromatic rings. The smallest absolute Gasteiger partial charge is 0.396 e. The Morgan fingerprint density at radius 2 is 1.88 bits per heavy atom. The van der Waals surface area contributed by atoms with Crippen LogP contribution < -0.4 is 0 Å². The first-order chi connectivity index (χ1) is 7.79. The molecule has 0 saturated heterocycles. The van der Waals surface area contributed by atoms with E-state index in [-0.39, 0.29) is 26.2 Å². The Kier molecular flexibility index (Phi) is 4.35. The lowest BCUT2D eigenvalue weighted by Gasteiger charge is -2.30. The summed E-state index contributed by atoms with van der Waals surface area (Å²) in [7, 11) is -4.48. The molecule has 0 bridgehead atoms. The molecule has 102 valence electrons. The highest BCUT2D eigenvalue weighted by molar-refractivity contribution is 7.55. The first-order valence-electron chi connectivity index (χ1n) is 5.67. The van der Waals surface area contributed by atoms with Crippen molar-refractivity contribution in [1.82, 2.24) is 0 Å². The average molecular weight is 272 g/mol. The molecule has 1 aliphatic carbocycles. The Balaban J connectivity index is 2.97. The van der Waals surface area contributed by atoms with Crippen LogP contribution in [-0.4, -0.2) is 30.6 Å². The molecule has 1 fully saturated rings. The summed E-state index contributed by atoms with van der Waals surface area (Å²) < 4.78 is 50.0. The minimum atomic E-state index is -4.48. The highest BCUT2D eigenvalue weighted by Gasteiger charge is 2.74. The maximum atomic E-state index is 14.2. The van der Waals surface area contributed by atoms with Crippen molar-refractivity contribution in [2.24, 2.45) is 11.3 Å². The molecule has 4 nitrogen and oxygen atoms in total. The summed E-state index contributed by atoms with van der Waals surface area (Å²) in [5, 5.41) is 8.93. The largest absolute Gasteiger partial charge is 0.400 e. The van der Waals surface area contributed by atoms with Crippen molar-refractivity contribution in [2.45, 2.75) is 32.9 Å². The van der Waals surface area contributed by atoms with Crippen molar-refractivity contribution in [1.29, 1.82) is 0 Å². The molecular weight excluding hydrogens is 253 g/mol. The molecule has 0 heterocycles. The van der Waals surface area contributed by atoms with E-state index in [1.165, 1.54) is 20.8 Å². The SMILES string of the molecule is CCOP(=O)(OCC)C(F)(F)[C@]1(C)C[C@H]1CO. The van der Waals surface area contributed by atoms with E-state index in [1.54, 1.807) is 0 Å². The molecule has 2 atom stereocenters. The lowest BCUT2D eigenvalue weighted by atomic mass is 10.1. The molecule has 1 rings (SSSR count). The number of rotatable bonds is 7. The lowest BCUT2D eigenvalue weighted by molar-refractivity contribution is -0.0281. The second-order valence-corrected chi connectivity index (χ2v) is 6.45. The fourth-order valence-corrected chi connectivity index (χ4v) is 3.92. The minimum Gasteiger partial charge on any atom is -0.396 e. The number of alkyl halides is 2. The van der Waals surface area contributed by atoms with Gasteiger partial charge in [0.05, 0.1) is 13.2 Å². The van der Waals surface area contributed by atoms with Crippen molar-refractivity contribution in [2.75, 3.05) is 19.8 Å². The van der Waals surface area contributed by atoms with E-state index in [2.05, 4.69) is 0 Å². The first kappa shape index (κ1) is 15.0. The Bertz CT molecular complexity index is 313. The van der Waals surface area contributed by atoms with Crippen molar-refractivity contribution in [3.05, 3.63) is 0 Å². The Morgan fingerprint density at radius 1 is 1.41 bits per heavy atom. The molecule has 0 unspecified atom stereocenters. The molecule has 0 aromatic carbocycles. The maximum Gasteiger partial charge on any atom is 0.400 e. The molecule has 17 heavy (non-hydrogen) atoms. The first-order valence-corrected chi connectivity index (χ1v) is 7.21. The van der Waals surface area contributed by atoms with Crippen LogP contribution in [-0.2, 0) is 13.6 Å². The van der Waals surface area contributed by atoms with Gasteiger partial charge >= 0.3 is 13.3 Å². The number of hydrogen-bond acceptors (Lipinski definition) is 4. The molecular formula is C10H19F2O4P. The van der Waals surface area contributed by atoms with Gasteiger partial charge in [0, 0.05) is 12.0 Å². The standard InChI is InChI=1S/C10H19F2O4P/c1-4-15-17(14,16-5-2)10(11,12)9(3)6-8(9)7-13/h8,13H,4-7H2,1-3H3/t8-,9+/m0/s1. The number of halogens is 2. The van der Waals surface area contributed by atoms with Gasteiger partial charge in [0.1, 0.15) is 0 Å². The zero-order chi connectivity index (χ0) is 13.3. The molecule has 0 aromatic heterocycles. The summed E-state index contributed by atoms with van der Waals surface area (Å²) in [4.78, 5) is 0. The van der Waals surface area contributed by atoms with Crippen molar-refractivity contribution in [3.8, 4) is 0 Å². The van der Waals surface area contributed by atoms with Crippen LogP contribution >= 0.6 is 7.60 Å². The van der Waals surface area contributed by atoms with Crippen LogP contribution in [0.4, 0.5) is 8.78 Å². The molecule has 0 radical (unpaired) electrons. The molecule has 1 saturated carbocycles. The van der Waals surface area contributed by atoms with Crippen LogP contribution in [0.2, 0.25) is 0 Å². The van der Waals surface area contributed by atoms with Gasteiger partial charge in [0.2, 0.25) is 0 Å². The zero-order valence-electron chi connectivity index (χ0n) is 10.3. The maximum absolute atomic E-state index is 14.2. The van der Waals surface area contributed by atoms with Gasteiger partial charge in [-0.15, -0.1) is 0 Å². The quantitative estimate of drug-likeness (QED) is 0.724. The molecule has 7 heteroatoms. The van der Waals surface area contributed by atoms with Gasteiger partial charge in [0.15, 0.2) is 0 Å². The second kappa shape index (κ2) is 4.92. The van der Waals surface area contributed by atoms with Gasteiger partial charge in [-0.05, 0) is 26.2 Å². The van der Waals surface area contributed by atoms with Crippen LogP contribution in [0.15, 0.2) is 0 Å². The molecule has 0 aliphatic heterocycles. The van der Waals surface area contributed by atoms with Gasteiger partial charge in [-0.1, -0.05) is 6.92 Å². The van der Waals surface area contributed by atoms with E-state index >= 15 is 0 Å². The molecule has 0 amide bonds. The summed E-state index contributed by atoms with van der Waals surface area (Å²) in [6.07, 6.45) is 0.126. The molecule has 1 N–H and O–H groups in total. The van der Waals surface area contributed by atoms with Crippen molar-refractivity contribution >= 4 is 7.60 Å². The fourth-order valence-electron chi connectivity index (χ4n) is 1.94. The summed E-state index contributed by atoms with van der Waals surface area (Å²) in [5.41, 5.74) is -5.07. The summed E-state index contributed by atoms with van der Waals surface area (Å²) in [5.74, 6) is -0.549. The third-order valence-electron chi connectivity index (χ3n) is 3.26. The van der Waals surface area contributed by atoms with Crippen molar-refractivity contribution in [3.63, 3.8) is 0 Å². The average Bonchev–Trinajstić information content (AvgIpc) is 2.92. The summed E-state index contributed by atoms with van der Waals surface area (Å²) in [6.45, 7) is 3.73. The normalized spacial score (nSPS) is 29.4. The Morgan fingerprint density at radius 3 is 2.18 bits per heavy atom. The highest BCUT2D eigenvalue weighted by Crippen LogP contribution is 2.76. The monoisotopic (exact) mass is 272 g/mol. The number of aliphatic hydroxyl groups excluding tert-OH is 1. The van der Waals surface area contributed by atoms with E-state index < -0.39 is 24.6 Å². The van der Waals surface area contributed by atoms with Gasteiger partial charge in [-0.25, -0.2) is 0 Å². The Hall–Kier alpha value is -0.0300. The van der Waals surface area contributed by atoms with Gasteiger partial charge in [-0.3, -0.25) is 4.57 Å². The van der Waals surface area contributed by atoms with Gasteiger partial charge in [0.25, 0.3) is 0 Å². The predicted octanol–water partition coefficient (Wildman–Crippen LogP) is 2.86. The van der Waals surface area contributed by atoms with E-state index in [0.29, 0.717) is 0 Å². The van der Waals surface area contributed by atoms with E-state index in [4.69, 9.17) is 14.2 Å². The van der Waals surface area contributed by atoms with Crippen LogP contribution in [0.3, 0.4) is 0 Å². The van der Waals surface area contributed by atoms with Gasteiger partial charge in [-0.2, -0.15) is 8.78 Å². The van der Waals surface area contributed by atoms with Crippen LogP contribution in [0.25, 0.3) is 0 Å². The second-order valence-electron chi connectivity index (χ2n) is 4.38. The fraction of sp³-hybridized carbons (Fsp3) is 1.00. The summed E-state index contributed by atoms with van der Waals surface area (Å²) >= 11 is 0.